The highest BCUT2D eigenvalue weighted by Crippen LogP contribution is 2.39. The third kappa shape index (κ3) is 2.90. The quantitative estimate of drug-likeness (QED) is 0.845. The highest BCUT2D eigenvalue weighted by molar-refractivity contribution is 7.18. The Morgan fingerprint density at radius 2 is 1.87 bits per heavy atom. The van der Waals surface area contributed by atoms with Gasteiger partial charge >= 0.3 is 0 Å². The first-order valence-corrected chi connectivity index (χ1v) is 9.28. The predicted octanol–water partition coefficient (Wildman–Crippen LogP) is 4.20. The molecule has 0 unspecified atom stereocenters. The third-order valence-electron chi connectivity index (χ3n) is 4.85. The molecule has 1 aromatic heterocycles. The number of hydrogen-bond acceptors (Lipinski definition) is 4. The van der Waals surface area contributed by atoms with Gasteiger partial charge in [0.2, 0.25) is 11.0 Å². The molecule has 2 fully saturated rings. The molecule has 120 valence electrons. The second-order valence-electron chi connectivity index (χ2n) is 6.63. The molecule has 23 heavy (non-hydrogen) atoms. The van der Waals surface area contributed by atoms with Crippen LogP contribution < -0.4 is 4.90 Å². The van der Waals surface area contributed by atoms with Crippen LogP contribution in [-0.2, 0) is 4.79 Å². The Morgan fingerprint density at radius 1 is 1.13 bits per heavy atom. The van der Waals surface area contributed by atoms with Crippen molar-refractivity contribution >= 4 is 22.4 Å². The summed E-state index contributed by atoms with van der Waals surface area (Å²) in [6.07, 6.45) is 6.68. The Hall–Kier alpha value is -1.75. The Morgan fingerprint density at radius 3 is 2.57 bits per heavy atom. The number of anilines is 1. The summed E-state index contributed by atoms with van der Waals surface area (Å²) < 4.78 is 0. The maximum atomic E-state index is 12.8. The maximum absolute atomic E-state index is 12.8. The molecule has 1 aromatic carbocycles. The van der Waals surface area contributed by atoms with Gasteiger partial charge in [-0.3, -0.25) is 9.69 Å². The number of carbonyl (C=O) groups is 1. The zero-order chi connectivity index (χ0) is 15.8. The predicted molar refractivity (Wildman–Crippen MR) is 92.5 cm³/mol. The average molecular weight is 327 g/mol. The number of amides is 1. The van der Waals surface area contributed by atoms with E-state index in [4.69, 9.17) is 0 Å². The summed E-state index contributed by atoms with van der Waals surface area (Å²) in [4.78, 5) is 14.7. The monoisotopic (exact) mass is 327 g/mol. The molecule has 2 aromatic rings. The van der Waals surface area contributed by atoms with Gasteiger partial charge in [-0.15, -0.1) is 10.2 Å². The summed E-state index contributed by atoms with van der Waals surface area (Å²) >= 11 is 1.55. The number of carbonyl (C=O) groups excluding carboxylic acids is 1. The van der Waals surface area contributed by atoms with Crippen molar-refractivity contribution in [2.45, 2.75) is 51.5 Å². The van der Waals surface area contributed by atoms with Crippen LogP contribution in [0.4, 0.5) is 5.13 Å². The fourth-order valence-electron chi connectivity index (χ4n) is 3.35. The molecular formula is C18H21N3OS. The van der Waals surface area contributed by atoms with Crippen LogP contribution in [0.25, 0.3) is 10.6 Å². The molecule has 2 aliphatic rings. The molecule has 0 atom stereocenters. The van der Waals surface area contributed by atoms with Crippen LogP contribution >= 0.6 is 11.3 Å². The Balaban J connectivity index is 1.66. The molecule has 1 amide bonds. The highest BCUT2D eigenvalue weighted by Gasteiger charge is 2.39. The van der Waals surface area contributed by atoms with Crippen molar-refractivity contribution in [1.29, 1.82) is 0 Å². The number of aryl methyl sites for hydroxylation is 1. The van der Waals surface area contributed by atoms with Gasteiger partial charge in [0, 0.05) is 17.5 Å². The minimum Gasteiger partial charge on any atom is -0.283 e. The molecule has 0 saturated heterocycles. The topological polar surface area (TPSA) is 46.1 Å². The van der Waals surface area contributed by atoms with Crippen LogP contribution in [0, 0.1) is 12.8 Å². The summed E-state index contributed by atoms with van der Waals surface area (Å²) in [6.45, 7) is 2.08. The average Bonchev–Trinajstić information content (AvgIpc) is 3.07. The first-order chi connectivity index (χ1) is 11.2. The van der Waals surface area contributed by atoms with E-state index in [-0.39, 0.29) is 11.8 Å². The standard InChI is InChI=1S/C18H21N3OS/c1-12-6-2-5-9-15(12)16-19-20-18(23-16)21(14-7-3-4-8-14)17(22)13-10-11-13/h2,5-6,9,13-14H,3-4,7-8,10-11H2,1H3. The van der Waals surface area contributed by atoms with E-state index in [0.717, 1.165) is 41.4 Å². The third-order valence-corrected chi connectivity index (χ3v) is 5.81. The first kappa shape index (κ1) is 14.8. The molecule has 0 N–H and O–H groups in total. The molecule has 5 heteroatoms. The normalized spacial score (nSPS) is 18.3. The van der Waals surface area contributed by atoms with Gasteiger partial charge in [-0.1, -0.05) is 48.4 Å². The molecule has 0 bridgehead atoms. The van der Waals surface area contributed by atoms with Crippen LogP contribution in [0.3, 0.4) is 0 Å². The smallest absolute Gasteiger partial charge is 0.232 e. The van der Waals surface area contributed by atoms with Crippen LogP contribution in [-0.4, -0.2) is 22.1 Å². The lowest BCUT2D eigenvalue weighted by Crippen LogP contribution is -2.40. The van der Waals surface area contributed by atoms with Gasteiger partial charge in [0.1, 0.15) is 5.01 Å². The number of aromatic nitrogens is 2. The van der Waals surface area contributed by atoms with E-state index < -0.39 is 0 Å². The zero-order valence-corrected chi connectivity index (χ0v) is 14.2. The Kier molecular flexibility index (Phi) is 3.89. The lowest BCUT2D eigenvalue weighted by molar-refractivity contribution is -0.120. The summed E-state index contributed by atoms with van der Waals surface area (Å²) in [5, 5.41) is 10.5. The second kappa shape index (κ2) is 6.04. The number of rotatable bonds is 4. The van der Waals surface area contributed by atoms with E-state index in [2.05, 4.69) is 29.3 Å². The van der Waals surface area contributed by atoms with E-state index in [1.807, 2.05) is 17.0 Å². The molecule has 2 aliphatic carbocycles. The number of hydrogen-bond donors (Lipinski definition) is 0. The first-order valence-electron chi connectivity index (χ1n) is 8.46. The van der Waals surface area contributed by atoms with Crippen molar-refractivity contribution in [1.82, 2.24) is 10.2 Å². The van der Waals surface area contributed by atoms with Crippen molar-refractivity contribution in [3.05, 3.63) is 29.8 Å². The molecular weight excluding hydrogens is 306 g/mol. The van der Waals surface area contributed by atoms with Gasteiger partial charge in [0.15, 0.2) is 0 Å². The van der Waals surface area contributed by atoms with Crippen molar-refractivity contribution in [3.8, 4) is 10.6 Å². The number of benzene rings is 1. The van der Waals surface area contributed by atoms with Gasteiger partial charge in [-0.2, -0.15) is 0 Å². The van der Waals surface area contributed by atoms with Crippen molar-refractivity contribution < 1.29 is 4.79 Å². The van der Waals surface area contributed by atoms with E-state index in [9.17, 15) is 4.79 Å². The number of nitrogens with zero attached hydrogens (tertiary/aromatic N) is 3. The van der Waals surface area contributed by atoms with Crippen LogP contribution in [0.2, 0.25) is 0 Å². The Bertz CT molecular complexity index is 717. The van der Waals surface area contributed by atoms with E-state index >= 15 is 0 Å². The van der Waals surface area contributed by atoms with Crippen LogP contribution in [0.15, 0.2) is 24.3 Å². The molecule has 0 radical (unpaired) electrons. The molecule has 1 heterocycles. The maximum Gasteiger partial charge on any atom is 0.232 e. The second-order valence-corrected chi connectivity index (χ2v) is 7.58. The molecule has 4 rings (SSSR count). The van der Waals surface area contributed by atoms with Gasteiger partial charge < -0.3 is 0 Å². The summed E-state index contributed by atoms with van der Waals surface area (Å²) in [6, 6.07) is 8.53. The fraction of sp³-hybridized carbons (Fsp3) is 0.500. The van der Waals surface area contributed by atoms with Crippen LogP contribution in [0.5, 0.6) is 0 Å². The Labute approximate surface area is 140 Å². The van der Waals surface area contributed by atoms with E-state index in [1.54, 1.807) is 11.3 Å². The van der Waals surface area contributed by atoms with Gasteiger partial charge in [0.05, 0.1) is 0 Å². The minimum atomic E-state index is 0.224. The zero-order valence-electron chi connectivity index (χ0n) is 13.4. The van der Waals surface area contributed by atoms with Gasteiger partial charge in [-0.25, -0.2) is 0 Å². The fourth-order valence-corrected chi connectivity index (χ4v) is 4.37. The van der Waals surface area contributed by atoms with Gasteiger partial charge in [-0.05, 0) is 38.2 Å². The largest absolute Gasteiger partial charge is 0.283 e. The summed E-state index contributed by atoms with van der Waals surface area (Å²) in [5.41, 5.74) is 2.30. The minimum absolute atomic E-state index is 0.224. The van der Waals surface area contributed by atoms with Crippen molar-refractivity contribution in [3.63, 3.8) is 0 Å². The molecule has 0 spiro atoms. The molecule has 2 saturated carbocycles. The highest BCUT2D eigenvalue weighted by atomic mass is 32.1. The van der Waals surface area contributed by atoms with E-state index in [1.165, 1.54) is 18.4 Å². The molecule has 4 nitrogen and oxygen atoms in total. The SMILES string of the molecule is Cc1ccccc1-c1nnc(N(C(=O)C2CC2)C2CCCC2)s1. The van der Waals surface area contributed by atoms with Crippen molar-refractivity contribution in [2.24, 2.45) is 5.92 Å². The summed E-state index contributed by atoms with van der Waals surface area (Å²) in [7, 11) is 0. The van der Waals surface area contributed by atoms with E-state index in [0.29, 0.717) is 6.04 Å². The van der Waals surface area contributed by atoms with Crippen LogP contribution in [0.1, 0.15) is 44.1 Å². The van der Waals surface area contributed by atoms with Crippen molar-refractivity contribution in [2.75, 3.05) is 4.90 Å². The molecule has 0 aliphatic heterocycles. The lowest BCUT2D eigenvalue weighted by atomic mass is 10.1. The van der Waals surface area contributed by atoms with Gasteiger partial charge in [0.25, 0.3) is 0 Å². The lowest BCUT2D eigenvalue weighted by Gasteiger charge is -2.26. The summed E-state index contributed by atoms with van der Waals surface area (Å²) in [5.74, 6) is 0.491.